The molecule has 0 bridgehead atoms. The van der Waals surface area contributed by atoms with Gasteiger partial charge in [0.1, 0.15) is 23.7 Å². The number of amides is 1. The van der Waals surface area contributed by atoms with E-state index < -0.39 is 5.54 Å². The van der Waals surface area contributed by atoms with Gasteiger partial charge in [-0.2, -0.15) is 0 Å². The zero-order valence-corrected chi connectivity index (χ0v) is 23.3. The van der Waals surface area contributed by atoms with Crippen molar-refractivity contribution >= 4 is 17.7 Å². The Bertz CT molecular complexity index is 989. The second-order valence-electron chi connectivity index (χ2n) is 10.7. The fourth-order valence-electron chi connectivity index (χ4n) is 4.48. The molecule has 2 rings (SSSR count). The normalized spacial score (nSPS) is 19.4. The van der Waals surface area contributed by atoms with Gasteiger partial charge in [-0.05, 0) is 68.1 Å². The molecule has 0 radical (unpaired) electrons. The van der Waals surface area contributed by atoms with Gasteiger partial charge in [-0.25, -0.2) is 4.79 Å². The lowest BCUT2D eigenvalue weighted by atomic mass is 9.88. The van der Waals surface area contributed by atoms with Crippen molar-refractivity contribution in [1.29, 1.82) is 0 Å². The second-order valence-corrected chi connectivity index (χ2v) is 10.7. The number of allylic oxidation sites excluding steroid dienone is 1. The third-order valence-corrected chi connectivity index (χ3v) is 6.42. The first-order valence-electron chi connectivity index (χ1n) is 13.1. The molecule has 2 unspecified atom stereocenters. The Kier molecular flexibility index (Phi) is 10.9. The number of hydrogen-bond donors (Lipinski definition) is 1. The molecule has 1 aliphatic heterocycles. The molecule has 0 spiro atoms. The first-order valence-corrected chi connectivity index (χ1v) is 13.1. The molecule has 6 nitrogen and oxygen atoms in total. The Labute approximate surface area is 217 Å². The number of rotatable bonds is 13. The molecule has 0 fully saturated rings. The maximum absolute atomic E-state index is 13.3. The SMILES string of the molecule is CCC(C)C(C1=NC(C)(CC(C)C)C(=O)N1)=C(CC(C)C)C(=O)OCC=CCc1ccc(OC)cc1. The highest BCUT2D eigenvalue weighted by Crippen LogP contribution is 2.31. The summed E-state index contributed by atoms with van der Waals surface area (Å²) in [4.78, 5) is 31.1. The summed E-state index contributed by atoms with van der Waals surface area (Å²) >= 11 is 0. The van der Waals surface area contributed by atoms with Crippen LogP contribution < -0.4 is 10.1 Å². The van der Waals surface area contributed by atoms with Crippen molar-refractivity contribution in [3.63, 3.8) is 0 Å². The fraction of sp³-hybridized carbons (Fsp3) is 0.567. The van der Waals surface area contributed by atoms with Crippen LogP contribution in [0.15, 0.2) is 52.6 Å². The smallest absolute Gasteiger partial charge is 0.334 e. The molecule has 1 aromatic carbocycles. The highest BCUT2D eigenvalue weighted by atomic mass is 16.5. The number of hydrogen-bond acceptors (Lipinski definition) is 5. The average molecular weight is 497 g/mol. The van der Waals surface area contributed by atoms with E-state index >= 15 is 0 Å². The predicted molar refractivity (Wildman–Crippen MR) is 146 cm³/mol. The van der Waals surface area contributed by atoms with E-state index in [-0.39, 0.29) is 30.3 Å². The Morgan fingerprint density at radius 1 is 1.08 bits per heavy atom. The monoisotopic (exact) mass is 496 g/mol. The largest absolute Gasteiger partial charge is 0.497 e. The van der Waals surface area contributed by atoms with E-state index in [1.54, 1.807) is 7.11 Å². The lowest BCUT2D eigenvalue weighted by Gasteiger charge is -2.21. The highest BCUT2D eigenvalue weighted by molar-refractivity contribution is 6.17. The molecule has 2 atom stereocenters. The molecule has 0 saturated heterocycles. The number of benzene rings is 1. The molecule has 1 aliphatic rings. The Morgan fingerprint density at radius 3 is 2.31 bits per heavy atom. The summed E-state index contributed by atoms with van der Waals surface area (Å²) in [5.74, 6) is 1.53. The fourth-order valence-corrected chi connectivity index (χ4v) is 4.48. The predicted octanol–water partition coefficient (Wildman–Crippen LogP) is 6.06. The van der Waals surface area contributed by atoms with Crippen molar-refractivity contribution in [3.8, 4) is 5.75 Å². The Hall–Kier alpha value is -2.89. The molecule has 0 aromatic heterocycles. The van der Waals surface area contributed by atoms with Gasteiger partial charge < -0.3 is 14.8 Å². The van der Waals surface area contributed by atoms with Gasteiger partial charge in [-0.1, -0.05) is 65.8 Å². The highest BCUT2D eigenvalue weighted by Gasteiger charge is 2.41. The van der Waals surface area contributed by atoms with Crippen molar-refractivity contribution in [3.05, 3.63) is 53.1 Å². The maximum Gasteiger partial charge on any atom is 0.334 e. The lowest BCUT2D eigenvalue weighted by Crippen LogP contribution is -2.39. The summed E-state index contributed by atoms with van der Waals surface area (Å²) in [5.41, 5.74) is 1.74. The van der Waals surface area contributed by atoms with Gasteiger partial charge in [0.25, 0.3) is 5.91 Å². The first kappa shape index (κ1) is 29.3. The van der Waals surface area contributed by atoms with E-state index in [9.17, 15) is 9.59 Å². The topological polar surface area (TPSA) is 77.0 Å². The van der Waals surface area contributed by atoms with Crippen LogP contribution in [0.3, 0.4) is 0 Å². The van der Waals surface area contributed by atoms with Gasteiger partial charge in [0, 0.05) is 11.1 Å². The van der Waals surface area contributed by atoms with Gasteiger partial charge in [0.05, 0.1) is 7.11 Å². The van der Waals surface area contributed by atoms with Gasteiger partial charge in [-0.15, -0.1) is 0 Å². The third kappa shape index (κ3) is 8.07. The quantitative estimate of drug-likeness (QED) is 0.205. The number of aliphatic imine (C=N–C) groups is 1. The number of methoxy groups -OCH3 is 1. The molecule has 198 valence electrons. The summed E-state index contributed by atoms with van der Waals surface area (Å²) in [6, 6.07) is 7.89. The van der Waals surface area contributed by atoms with Crippen molar-refractivity contribution in [2.24, 2.45) is 22.7 Å². The van der Waals surface area contributed by atoms with E-state index in [0.29, 0.717) is 30.2 Å². The number of nitrogens with one attached hydrogen (secondary N) is 1. The standard InChI is InChI=1S/C30H44N2O4/c1-9-22(6)26(27-31-29(34)30(7,32-27)19-21(4)5)25(18-20(2)3)28(33)36-17-11-10-12-23-13-15-24(35-8)16-14-23/h10-11,13-16,20-22H,9,12,17-19H2,1-8H3,(H,31,32,34). The third-order valence-electron chi connectivity index (χ3n) is 6.42. The summed E-state index contributed by atoms with van der Waals surface area (Å²) in [5, 5.41) is 3.00. The lowest BCUT2D eigenvalue weighted by molar-refractivity contribution is -0.138. The van der Waals surface area contributed by atoms with Crippen molar-refractivity contribution in [2.75, 3.05) is 13.7 Å². The number of carbonyl (C=O) groups is 2. The Balaban J connectivity index is 2.24. The van der Waals surface area contributed by atoms with E-state index in [0.717, 1.165) is 29.7 Å². The molecular formula is C30H44N2O4. The number of nitrogens with zero attached hydrogens (tertiary/aromatic N) is 1. The first-order chi connectivity index (χ1) is 17.0. The maximum atomic E-state index is 13.3. The van der Waals surface area contributed by atoms with Crippen LogP contribution in [0, 0.1) is 17.8 Å². The second kappa shape index (κ2) is 13.4. The molecule has 1 amide bonds. The zero-order chi connectivity index (χ0) is 26.9. The summed E-state index contributed by atoms with van der Waals surface area (Å²) in [7, 11) is 1.65. The molecule has 0 saturated carbocycles. The number of amidine groups is 1. The van der Waals surface area contributed by atoms with Crippen LogP contribution in [0.25, 0.3) is 0 Å². The van der Waals surface area contributed by atoms with E-state index in [1.165, 1.54) is 0 Å². The van der Waals surface area contributed by atoms with E-state index in [1.807, 2.05) is 43.3 Å². The van der Waals surface area contributed by atoms with Crippen LogP contribution in [0.5, 0.6) is 5.75 Å². The Morgan fingerprint density at radius 2 is 1.75 bits per heavy atom. The molecule has 6 heteroatoms. The van der Waals surface area contributed by atoms with Crippen LogP contribution in [0.2, 0.25) is 0 Å². The average Bonchev–Trinajstić information content (AvgIpc) is 3.10. The van der Waals surface area contributed by atoms with E-state index in [4.69, 9.17) is 14.5 Å². The molecular weight excluding hydrogens is 452 g/mol. The number of ether oxygens (including phenoxy) is 2. The minimum absolute atomic E-state index is 0.0531. The number of esters is 1. The number of carbonyl (C=O) groups excluding carboxylic acids is 2. The molecule has 1 N–H and O–H groups in total. The van der Waals surface area contributed by atoms with Gasteiger partial charge in [0.15, 0.2) is 0 Å². The molecule has 1 aromatic rings. The van der Waals surface area contributed by atoms with Gasteiger partial charge in [-0.3, -0.25) is 9.79 Å². The van der Waals surface area contributed by atoms with Crippen molar-refractivity contribution < 1.29 is 19.1 Å². The van der Waals surface area contributed by atoms with Crippen LogP contribution in [-0.4, -0.2) is 37.0 Å². The summed E-state index contributed by atoms with van der Waals surface area (Å²) < 4.78 is 10.9. The van der Waals surface area contributed by atoms with Crippen LogP contribution >= 0.6 is 0 Å². The minimum Gasteiger partial charge on any atom is -0.497 e. The van der Waals surface area contributed by atoms with Crippen molar-refractivity contribution in [1.82, 2.24) is 5.32 Å². The van der Waals surface area contributed by atoms with Crippen LogP contribution in [0.4, 0.5) is 0 Å². The molecule has 1 heterocycles. The van der Waals surface area contributed by atoms with E-state index in [2.05, 4.69) is 46.9 Å². The zero-order valence-electron chi connectivity index (χ0n) is 23.3. The van der Waals surface area contributed by atoms with Crippen molar-refractivity contribution in [2.45, 2.75) is 79.7 Å². The molecule has 0 aliphatic carbocycles. The van der Waals surface area contributed by atoms with Gasteiger partial charge in [0.2, 0.25) is 0 Å². The van der Waals surface area contributed by atoms with Crippen LogP contribution in [0.1, 0.15) is 73.3 Å². The summed E-state index contributed by atoms with van der Waals surface area (Å²) in [6.07, 6.45) is 6.64. The minimum atomic E-state index is -0.820. The van der Waals surface area contributed by atoms with Gasteiger partial charge >= 0.3 is 5.97 Å². The molecule has 36 heavy (non-hydrogen) atoms. The summed E-state index contributed by atoms with van der Waals surface area (Å²) in [6.45, 7) is 14.5. The van der Waals surface area contributed by atoms with Crippen LogP contribution in [-0.2, 0) is 20.7 Å².